The zero-order valence-electron chi connectivity index (χ0n) is 11.4. The van der Waals surface area contributed by atoms with Crippen LogP contribution >= 0.6 is 11.6 Å². The Kier molecular flexibility index (Phi) is 5.91. The highest BCUT2D eigenvalue weighted by atomic mass is 35.5. The van der Waals surface area contributed by atoms with Crippen LogP contribution in [0.2, 0.25) is 5.02 Å². The third-order valence-electron chi connectivity index (χ3n) is 2.73. The molecule has 0 aliphatic carbocycles. The molecule has 0 aliphatic rings. The van der Waals surface area contributed by atoms with E-state index in [1.54, 1.807) is 0 Å². The van der Waals surface area contributed by atoms with Gasteiger partial charge in [0, 0.05) is 20.7 Å². The van der Waals surface area contributed by atoms with Gasteiger partial charge in [-0.15, -0.1) is 0 Å². The molecule has 8 heteroatoms. The molecule has 0 bridgehead atoms. The second-order valence-corrected chi connectivity index (χ2v) is 6.85. The molecule has 1 rings (SSSR count). The fourth-order valence-corrected chi connectivity index (χ4v) is 3.41. The predicted molar refractivity (Wildman–Crippen MR) is 73.8 cm³/mol. The van der Waals surface area contributed by atoms with Gasteiger partial charge in [-0.2, -0.15) is 4.31 Å². The molecule has 0 amide bonds. The molecular weight excluding hydrogens is 309 g/mol. The van der Waals surface area contributed by atoms with Gasteiger partial charge in [-0.05, 0) is 24.6 Å². The monoisotopic (exact) mass is 325 g/mol. The first-order valence-electron chi connectivity index (χ1n) is 5.79. The number of halogens is 2. The largest absolute Gasteiger partial charge is 0.389 e. The summed E-state index contributed by atoms with van der Waals surface area (Å²) < 4.78 is 43.6. The minimum Gasteiger partial charge on any atom is -0.389 e. The summed E-state index contributed by atoms with van der Waals surface area (Å²) in [6.45, 7) is 1.31. The lowest BCUT2D eigenvalue weighted by Crippen LogP contribution is -2.36. The molecule has 1 aromatic carbocycles. The Hall–Kier alpha value is -0.730. The van der Waals surface area contributed by atoms with Gasteiger partial charge in [0.25, 0.3) is 0 Å². The number of aliphatic hydroxyl groups excluding tert-OH is 1. The van der Waals surface area contributed by atoms with E-state index in [0.717, 1.165) is 10.4 Å². The smallest absolute Gasteiger partial charge is 0.244 e. The lowest BCUT2D eigenvalue weighted by Gasteiger charge is -2.21. The second-order valence-electron chi connectivity index (χ2n) is 4.43. The number of methoxy groups -OCH3 is 1. The Labute approximate surface area is 123 Å². The van der Waals surface area contributed by atoms with Crippen molar-refractivity contribution in [2.24, 2.45) is 0 Å². The molecule has 0 aliphatic heterocycles. The van der Waals surface area contributed by atoms with Crippen molar-refractivity contribution in [3.63, 3.8) is 0 Å². The molecular formula is C12H17ClFNO4S. The maximum absolute atomic E-state index is 13.3. The van der Waals surface area contributed by atoms with Gasteiger partial charge in [0.1, 0.15) is 10.7 Å². The van der Waals surface area contributed by atoms with Crippen LogP contribution in [0.1, 0.15) is 5.56 Å². The molecule has 1 unspecified atom stereocenters. The highest BCUT2D eigenvalue weighted by Crippen LogP contribution is 2.27. The van der Waals surface area contributed by atoms with Crippen molar-refractivity contribution in [1.29, 1.82) is 0 Å². The normalized spacial score (nSPS) is 13.8. The summed E-state index contributed by atoms with van der Waals surface area (Å²) in [6, 6.07) is 2.13. The van der Waals surface area contributed by atoms with Gasteiger partial charge in [0.2, 0.25) is 10.0 Å². The van der Waals surface area contributed by atoms with Gasteiger partial charge < -0.3 is 9.84 Å². The Morgan fingerprint density at radius 2 is 2.10 bits per heavy atom. The summed E-state index contributed by atoms with van der Waals surface area (Å²) in [4.78, 5) is -0.190. The average Bonchev–Trinajstić information content (AvgIpc) is 2.33. The topological polar surface area (TPSA) is 66.8 Å². The molecule has 20 heavy (non-hydrogen) atoms. The van der Waals surface area contributed by atoms with Crippen LogP contribution in [-0.2, 0) is 14.8 Å². The van der Waals surface area contributed by atoms with Gasteiger partial charge in [0.05, 0.1) is 17.7 Å². The standard InChI is InChI=1S/C12H17ClFNO4S/c1-8-4-12(10(13)5-11(8)14)20(17,18)15(2)6-9(16)7-19-3/h4-5,9,16H,6-7H2,1-3H3. The zero-order chi connectivity index (χ0) is 15.5. The number of benzene rings is 1. The Morgan fingerprint density at radius 3 is 2.65 bits per heavy atom. The quantitative estimate of drug-likeness (QED) is 0.859. The highest BCUT2D eigenvalue weighted by molar-refractivity contribution is 7.89. The van der Waals surface area contributed by atoms with Gasteiger partial charge in [0.15, 0.2) is 0 Å². The number of aryl methyl sites for hydroxylation is 1. The zero-order valence-corrected chi connectivity index (χ0v) is 13.0. The summed E-state index contributed by atoms with van der Waals surface area (Å²) in [5, 5.41) is 9.38. The fraction of sp³-hybridized carbons (Fsp3) is 0.500. The van der Waals surface area contributed by atoms with E-state index in [1.807, 2.05) is 0 Å². The molecule has 1 atom stereocenters. The Bertz CT molecular complexity index is 579. The molecule has 1 aromatic rings. The van der Waals surface area contributed by atoms with Crippen molar-refractivity contribution < 1.29 is 22.7 Å². The summed E-state index contributed by atoms with van der Waals surface area (Å²) in [7, 11) is -1.19. The molecule has 0 radical (unpaired) electrons. The minimum absolute atomic E-state index is 0.00996. The van der Waals surface area contributed by atoms with Crippen LogP contribution in [0.25, 0.3) is 0 Å². The van der Waals surface area contributed by atoms with Crippen LogP contribution in [0.5, 0.6) is 0 Å². The van der Waals surface area contributed by atoms with Crippen LogP contribution in [0, 0.1) is 12.7 Å². The number of likely N-dealkylation sites (N-methyl/N-ethyl adjacent to an activating group) is 1. The lowest BCUT2D eigenvalue weighted by molar-refractivity contribution is 0.0554. The van der Waals surface area contributed by atoms with E-state index >= 15 is 0 Å². The Balaban J connectivity index is 3.07. The first-order chi connectivity index (χ1) is 9.20. The van der Waals surface area contributed by atoms with Crippen molar-refractivity contribution in [2.45, 2.75) is 17.9 Å². The van der Waals surface area contributed by atoms with E-state index in [9.17, 15) is 17.9 Å². The predicted octanol–water partition coefficient (Wildman–Crippen LogP) is 1.42. The summed E-state index contributed by atoms with van der Waals surface area (Å²) in [5.74, 6) is -0.573. The molecule has 0 aromatic heterocycles. The minimum atomic E-state index is -3.90. The maximum Gasteiger partial charge on any atom is 0.244 e. The SMILES string of the molecule is COCC(O)CN(C)S(=O)(=O)c1cc(C)c(F)cc1Cl. The third kappa shape index (κ3) is 3.89. The van der Waals surface area contributed by atoms with Crippen LogP contribution < -0.4 is 0 Å². The number of ether oxygens (including phenoxy) is 1. The molecule has 114 valence electrons. The highest BCUT2D eigenvalue weighted by Gasteiger charge is 2.26. The van der Waals surface area contributed by atoms with Gasteiger partial charge in [-0.25, -0.2) is 12.8 Å². The van der Waals surface area contributed by atoms with Crippen LogP contribution in [0.3, 0.4) is 0 Å². The van der Waals surface area contributed by atoms with Crippen LogP contribution in [0.15, 0.2) is 17.0 Å². The molecule has 0 saturated heterocycles. The van der Waals surface area contributed by atoms with E-state index in [0.29, 0.717) is 0 Å². The first kappa shape index (κ1) is 17.3. The summed E-state index contributed by atoms with van der Waals surface area (Å²) in [5.41, 5.74) is 0.179. The van der Waals surface area contributed by atoms with Crippen molar-refractivity contribution in [1.82, 2.24) is 4.31 Å². The lowest BCUT2D eigenvalue weighted by atomic mass is 10.2. The van der Waals surface area contributed by atoms with Gasteiger partial charge in [-0.3, -0.25) is 0 Å². The van der Waals surface area contributed by atoms with E-state index in [2.05, 4.69) is 0 Å². The van der Waals surface area contributed by atoms with Crippen LogP contribution in [-0.4, -0.2) is 51.2 Å². The van der Waals surface area contributed by atoms with E-state index < -0.39 is 21.9 Å². The Morgan fingerprint density at radius 1 is 1.50 bits per heavy atom. The van der Waals surface area contributed by atoms with Crippen molar-refractivity contribution in [3.8, 4) is 0 Å². The summed E-state index contributed by atoms with van der Waals surface area (Å²) >= 11 is 5.79. The van der Waals surface area contributed by atoms with E-state index in [4.69, 9.17) is 16.3 Å². The summed E-state index contributed by atoms with van der Waals surface area (Å²) in [6.07, 6.45) is -0.958. The number of nitrogens with zero attached hydrogens (tertiary/aromatic N) is 1. The van der Waals surface area contributed by atoms with E-state index in [-0.39, 0.29) is 28.6 Å². The number of rotatable bonds is 6. The van der Waals surface area contributed by atoms with Gasteiger partial charge >= 0.3 is 0 Å². The van der Waals surface area contributed by atoms with Crippen molar-refractivity contribution >= 4 is 21.6 Å². The molecule has 1 N–H and O–H groups in total. The molecule has 0 heterocycles. The second kappa shape index (κ2) is 6.82. The number of hydrogen-bond donors (Lipinski definition) is 1. The number of aliphatic hydroxyl groups is 1. The van der Waals surface area contributed by atoms with Crippen LogP contribution in [0.4, 0.5) is 4.39 Å². The third-order valence-corrected chi connectivity index (χ3v) is 5.02. The van der Waals surface area contributed by atoms with E-state index in [1.165, 1.54) is 27.1 Å². The van der Waals surface area contributed by atoms with Gasteiger partial charge in [-0.1, -0.05) is 11.6 Å². The number of hydrogen-bond acceptors (Lipinski definition) is 4. The van der Waals surface area contributed by atoms with Crippen molar-refractivity contribution in [2.75, 3.05) is 27.3 Å². The fourth-order valence-electron chi connectivity index (χ4n) is 1.64. The molecule has 0 spiro atoms. The molecule has 0 fully saturated rings. The van der Waals surface area contributed by atoms with Crippen molar-refractivity contribution in [3.05, 3.63) is 28.5 Å². The number of sulfonamides is 1. The maximum atomic E-state index is 13.3. The average molecular weight is 326 g/mol. The molecule has 0 saturated carbocycles. The molecule has 5 nitrogen and oxygen atoms in total. The first-order valence-corrected chi connectivity index (χ1v) is 7.61.